The first kappa shape index (κ1) is 17.7. The lowest BCUT2D eigenvalue weighted by molar-refractivity contribution is 0.0767. The molecule has 1 aliphatic rings. The van der Waals surface area contributed by atoms with Crippen molar-refractivity contribution in [1.82, 2.24) is 29.6 Å². The Morgan fingerprint density at radius 2 is 2.15 bits per heavy atom. The number of nitrogens with zero attached hydrogens (tertiary/aromatic N) is 6. The molecule has 27 heavy (non-hydrogen) atoms. The normalized spacial score (nSPS) is 14.5. The van der Waals surface area contributed by atoms with E-state index in [1.807, 2.05) is 28.8 Å². The van der Waals surface area contributed by atoms with Gasteiger partial charge in [0.05, 0.1) is 0 Å². The van der Waals surface area contributed by atoms with E-state index in [1.54, 1.807) is 23.3 Å². The maximum Gasteiger partial charge on any atom is 0.274 e. The summed E-state index contributed by atoms with van der Waals surface area (Å²) in [6.07, 6.45) is 6.74. The van der Waals surface area contributed by atoms with Crippen LogP contribution < -0.4 is 0 Å². The monoisotopic (exact) mass is 384 g/mol. The van der Waals surface area contributed by atoms with Crippen LogP contribution in [0, 0.1) is 0 Å². The molecule has 0 spiro atoms. The zero-order chi connectivity index (χ0) is 18.6. The van der Waals surface area contributed by atoms with Crippen LogP contribution in [0.25, 0.3) is 17.3 Å². The van der Waals surface area contributed by atoms with Crippen molar-refractivity contribution in [3.05, 3.63) is 42.4 Å². The minimum Gasteiger partial charge on any atom is -0.336 e. The average molecular weight is 384 g/mol. The van der Waals surface area contributed by atoms with E-state index in [1.165, 1.54) is 0 Å². The van der Waals surface area contributed by atoms with Crippen LogP contribution in [-0.2, 0) is 6.42 Å². The Morgan fingerprint density at radius 1 is 1.30 bits per heavy atom. The number of carbonyl (C=O) groups is 1. The van der Waals surface area contributed by atoms with E-state index in [0.717, 1.165) is 43.0 Å². The highest BCUT2D eigenvalue weighted by Crippen LogP contribution is 2.20. The first-order valence-electron chi connectivity index (χ1n) is 8.95. The summed E-state index contributed by atoms with van der Waals surface area (Å²) in [6, 6.07) is 3.66. The van der Waals surface area contributed by atoms with Gasteiger partial charge in [0.25, 0.3) is 11.8 Å². The van der Waals surface area contributed by atoms with Crippen molar-refractivity contribution in [3.63, 3.8) is 0 Å². The maximum absolute atomic E-state index is 12.6. The molecule has 3 aromatic heterocycles. The van der Waals surface area contributed by atoms with Crippen LogP contribution in [0.3, 0.4) is 0 Å². The van der Waals surface area contributed by atoms with Crippen molar-refractivity contribution in [2.45, 2.75) is 19.8 Å². The summed E-state index contributed by atoms with van der Waals surface area (Å²) >= 11 is 1.87. The molecule has 8 nitrogen and oxygen atoms in total. The first-order valence-corrected chi connectivity index (χ1v) is 10.1. The molecule has 0 unspecified atom stereocenters. The van der Waals surface area contributed by atoms with Crippen molar-refractivity contribution >= 4 is 17.7 Å². The second-order valence-electron chi connectivity index (χ2n) is 6.24. The van der Waals surface area contributed by atoms with Gasteiger partial charge in [-0.2, -0.15) is 16.7 Å². The molecule has 9 heteroatoms. The Balaban J connectivity index is 1.55. The van der Waals surface area contributed by atoms with Crippen molar-refractivity contribution in [2.75, 3.05) is 24.6 Å². The van der Waals surface area contributed by atoms with Crippen molar-refractivity contribution < 1.29 is 9.32 Å². The molecule has 0 aliphatic carbocycles. The van der Waals surface area contributed by atoms with Gasteiger partial charge in [-0.05, 0) is 18.6 Å². The van der Waals surface area contributed by atoms with Gasteiger partial charge in [-0.25, -0.2) is 9.97 Å². The molecule has 140 valence electrons. The SMILES string of the molecule is CCCc1noc(-c2ccnc(-n3cnc(C(=O)N4CCSCC4)c3)c2)n1. The van der Waals surface area contributed by atoms with Gasteiger partial charge in [-0.3, -0.25) is 9.36 Å². The van der Waals surface area contributed by atoms with Gasteiger partial charge in [0.1, 0.15) is 17.8 Å². The van der Waals surface area contributed by atoms with Crippen molar-refractivity contribution in [2.24, 2.45) is 0 Å². The van der Waals surface area contributed by atoms with E-state index in [4.69, 9.17) is 4.52 Å². The Labute approximate surface area is 161 Å². The molecule has 1 fully saturated rings. The van der Waals surface area contributed by atoms with Crippen LogP contribution in [0.1, 0.15) is 29.7 Å². The third-order valence-corrected chi connectivity index (χ3v) is 5.24. The number of hydrogen-bond acceptors (Lipinski definition) is 7. The maximum atomic E-state index is 12.6. The molecule has 4 heterocycles. The fraction of sp³-hybridized carbons (Fsp3) is 0.389. The molecule has 0 aromatic carbocycles. The number of pyridine rings is 1. The summed E-state index contributed by atoms with van der Waals surface area (Å²) in [5, 5.41) is 3.99. The number of carbonyl (C=O) groups excluding carboxylic acids is 1. The van der Waals surface area contributed by atoms with Gasteiger partial charge in [-0.15, -0.1) is 0 Å². The number of aryl methyl sites for hydroxylation is 1. The van der Waals surface area contributed by atoms with E-state index in [-0.39, 0.29) is 5.91 Å². The van der Waals surface area contributed by atoms with Crippen molar-refractivity contribution in [1.29, 1.82) is 0 Å². The minimum atomic E-state index is -0.0358. The molecule has 3 aromatic rings. The molecule has 0 atom stereocenters. The van der Waals surface area contributed by atoms with Gasteiger partial charge in [0.15, 0.2) is 5.82 Å². The van der Waals surface area contributed by atoms with Gasteiger partial charge in [0.2, 0.25) is 0 Å². The Morgan fingerprint density at radius 3 is 2.96 bits per heavy atom. The minimum absolute atomic E-state index is 0.0358. The number of amides is 1. The summed E-state index contributed by atoms with van der Waals surface area (Å²) in [4.78, 5) is 27.5. The second kappa shape index (κ2) is 7.91. The number of hydrogen-bond donors (Lipinski definition) is 0. The van der Waals surface area contributed by atoms with Gasteiger partial charge in [-0.1, -0.05) is 12.1 Å². The number of aromatic nitrogens is 5. The summed E-state index contributed by atoms with van der Waals surface area (Å²) in [7, 11) is 0. The lowest BCUT2D eigenvalue weighted by Gasteiger charge is -2.25. The van der Waals surface area contributed by atoms with Gasteiger partial charge in [0, 0.05) is 49.0 Å². The molecular formula is C18H20N6O2S. The van der Waals surface area contributed by atoms with Crippen LogP contribution in [0.5, 0.6) is 0 Å². The van der Waals surface area contributed by atoms with E-state index >= 15 is 0 Å². The first-order chi connectivity index (χ1) is 13.2. The van der Waals surface area contributed by atoms with E-state index < -0.39 is 0 Å². The van der Waals surface area contributed by atoms with Gasteiger partial charge >= 0.3 is 0 Å². The standard InChI is InChI=1S/C18H20N6O2S/c1-2-3-15-21-17(26-22-15)13-4-5-19-16(10-13)24-11-14(20-12-24)18(25)23-6-8-27-9-7-23/h4-5,10-12H,2-3,6-9H2,1H3. The molecule has 0 bridgehead atoms. The molecule has 1 aliphatic heterocycles. The number of thioether (sulfide) groups is 1. The predicted molar refractivity (Wildman–Crippen MR) is 102 cm³/mol. The average Bonchev–Trinajstić information content (AvgIpc) is 3.39. The summed E-state index contributed by atoms with van der Waals surface area (Å²) in [5.74, 6) is 3.71. The fourth-order valence-corrected chi connectivity index (χ4v) is 3.78. The molecular weight excluding hydrogens is 364 g/mol. The predicted octanol–water partition coefficient (Wildman–Crippen LogP) is 2.46. The fourth-order valence-electron chi connectivity index (χ4n) is 2.88. The van der Waals surface area contributed by atoms with Crippen LogP contribution in [-0.4, -0.2) is 60.1 Å². The number of imidazole rings is 1. The Kier molecular flexibility index (Phi) is 5.19. The highest BCUT2D eigenvalue weighted by molar-refractivity contribution is 7.99. The number of rotatable bonds is 5. The third-order valence-electron chi connectivity index (χ3n) is 4.30. The highest BCUT2D eigenvalue weighted by Gasteiger charge is 2.20. The summed E-state index contributed by atoms with van der Waals surface area (Å²) in [6.45, 7) is 3.60. The summed E-state index contributed by atoms with van der Waals surface area (Å²) < 4.78 is 7.08. The molecule has 0 N–H and O–H groups in total. The van der Waals surface area contributed by atoms with Gasteiger partial charge < -0.3 is 9.42 Å². The molecule has 0 saturated carbocycles. The van der Waals surface area contributed by atoms with Crippen LogP contribution in [0.15, 0.2) is 35.4 Å². The topological polar surface area (TPSA) is 89.9 Å². The van der Waals surface area contributed by atoms with E-state index in [2.05, 4.69) is 27.0 Å². The van der Waals surface area contributed by atoms with Crippen LogP contribution in [0.2, 0.25) is 0 Å². The van der Waals surface area contributed by atoms with E-state index in [0.29, 0.717) is 23.2 Å². The highest BCUT2D eigenvalue weighted by atomic mass is 32.2. The smallest absolute Gasteiger partial charge is 0.274 e. The lowest BCUT2D eigenvalue weighted by Crippen LogP contribution is -2.38. The molecule has 1 saturated heterocycles. The summed E-state index contributed by atoms with van der Waals surface area (Å²) in [5.41, 5.74) is 1.21. The Hall–Kier alpha value is -2.68. The largest absolute Gasteiger partial charge is 0.336 e. The molecule has 4 rings (SSSR count). The van der Waals surface area contributed by atoms with Crippen molar-refractivity contribution in [3.8, 4) is 17.3 Å². The molecule has 1 amide bonds. The van der Waals surface area contributed by atoms with Crippen LogP contribution >= 0.6 is 11.8 Å². The third kappa shape index (κ3) is 3.87. The Bertz CT molecular complexity index is 931. The van der Waals surface area contributed by atoms with Crippen LogP contribution in [0.4, 0.5) is 0 Å². The quantitative estimate of drug-likeness (QED) is 0.667. The van der Waals surface area contributed by atoms with E-state index in [9.17, 15) is 4.79 Å². The second-order valence-corrected chi connectivity index (χ2v) is 7.46. The molecule has 0 radical (unpaired) electrons. The zero-order valence-corrected chi connectivity index (χ0v) is 15.9. The lowest BCUT2D eigenvalue weighted by atomic mass is 10.2. The zero-order valence-electron chi connectivity index (χ0n) is 15.0.